The standard InChI is InChI=1S/C31H28N2O8S/c1-6-40-30(36)26-17(2)32-31-33(27(26)22-13-11-18(37-3)15-24(22)38-4)28(34)25(42-31)16-19-12-14-23(41-19)20-9-7-8-10-21(20)29(35)39-5/h7-16,27H,6H2,1-5H3. The first-order valence-electron chi connectivity index (χ1n) is 13.0. The number of ether oxygens (including phenoxy) is 4. The van der Waals surface area contributed by atoms with E-state index in [4.69, 9.17) is 23.4 Å². The Bertz CT molecular complexity index is 1900. The summed E-state index contributed by atoms with van der Waals surface area (Å²) in [5, 5.41) is 0. The number of esters is 2. The fourth-order valence-electron chi connectivity index (χ4n) is 4.82. The maximum Gasteiger partial charge on any atom is 0.338 e. The second-order valence-electron chi connectivity index (χ2n) is 9.15. The molecule has 1 aliphatic heterocycles. The zero-order chi connectivity index (χ0) is 30.0. The molecule has 1 aliphatic rings. The van der Waals surface area contributed by atoms with Gasteiger partial charge in [0.2, 0.25) is 0 Å². The Balaban J connectivity index is 1.66. The van der Waals surface area contributed by atoms with Crippen LogP contribution >= 0.6 is 11.3 Å². The third-order valence-electron chi connectivity index (χ3n) is 6.75. The molecule has 0 radical (unpaired) electrons. The molecule has 2 aromatic carbocycles. The Morgan fingerprint density at radius 3 is 2.55 bits per heavy atom. The summed E-state index contributed by atoms with van der Waals surface area (Å²) >= 11 is 1.17. The van der Waals surface area contributed by atoms with Crippen molar-refractivity contribution in [1.82, 2.24) is 4.57 Å². The number of fused-ring (bicyclic) bond motifs is 1. The van der Waals surface area contributed by atoms with Gasteiger partial charge in [-0.1, -0.05) is 29.5 Å². The van der Waals surface area contributed by atoms with Crippen molar-refractivity contribution in [2.24, 2.45) is 4.99 Å². The van der Waals surface area contributed by atoms with Crippen molar-refractivity contribution < 1.29 is 33.0 Å². The van der Waals surface area contributed by atoms with Gasteiger partial charge in [-0.05, 0) is 44.2 Å². The largest absolute Gasteiger partial charge is 0.497 e. The number of aromatic nitrogens is 1. The normalized spacial score (nSPS) is 14.7. The maximum atomic E-state index is 14.0. The molecule has 0 fully saturated rings. The Morgan fingerprint density at radius 2 is 1.83 bits per heavy atom. The van der Waals surface area contributed by atoms with Crippen LogP contribution in [0.5, 0.6) is 11.5 Å². The van der Waals surface area contributed by atoms with E-state index < -0.39 is 18.0 Å². The molecule has 4 aromatic rings. The predicted molar refractivity (Wildman–Crippen MR) is 155 cm³/mol. The van der Waals surface area contributed by atoms with Gasteiger partial charge in [0.25, 0.3) is 5.56 Å². The lowest BCUT2D eigenvalue weighted by molar-refractivity contribution is -0.139. The van der Waals surface area contributed by atoms with Gasteiger partial charge in [-0.2, -0.15) is 0 Å². The minimum absolute atomic E-state index is 0.159. The number of nitrogens with zero attached hydrogens (tertiary/aromatic N) is 2. The molecule has 0 spiro atoms. The Labute approximate surface area is 244 Å². The summed E-state index contributed by atoms with van der Waals surface area (Å²) in [5.74, 6) is 0.773. The van der Waals surface area contributed by atoms with Crippen LogP contribution in [0, 0.1) is 0 Å². The molecular weight excluding hydrogens is 560 g/mol. The quantitative estimate of drug-likeness (QED) is 0.285. The summed E-state index contributed by atoms with van der Waals surface area (Å²) in [4.78, 5) is 44.4. The Hall–Kier alpha value is -4.90. The molecule has 1 unspecified atom stereocenters. The van der Waals surface area contributed by atoms with Crippen molar-refractivity contribution in [3.8, 4) is 22.8 Å². The van der Waals surface area contributed by atoms with Crippen molar-refractivity contribution >= 4 is 29.4 Å². The van der Waals surface area contributed by atoms with Crippen LogP contribution < -0.4 is 24.4 Å². The number of hydrogen-bond donors (Lipinski definition) is 0. The average Bonchev–Trinajstić information content (AvgIpc) is 3.59. The molecule has 0 amide bonds. The lowest BCUT2D eigenvalue weighted by Gasteiger charge is -2.26. The number of benzene rings is 2. The number of hydrogen-bond acceptors (Lipinski definition) is 10. The molecule has 2 aromatic heterocycles. The van der Waals surface area contributed by atoms with Crippen LogP contribution in [0.15, 0.2) is 80.1 Å². The number of furan rings is 1. The van der Waals surface area contributed by atoms with Crippen LogP contribution in [-0.2, 0) is 14.3 Å². The van der Waals surface area contributed by atoms with Crippen molar-refractivity contribution in [3.63, 3.8) is 0 Å². The van der Waals surface area contributed by atoms with E-state index in [1.165, 1.54) is 30.1 Å². The Kier molecular flexibility index (Phi) is 8.12. The van der Waals surface area contributed by atoms with Gasteiger partial charge < -0.3 is 23.4 Å². The number of thiazole rings is 1. The van der Waals surface area contributed by atoms with E-state index in [9.17, 15) is 14.4 Å². The summed E-state index contributed by atoms with van der Waals surface area (Å²) in [7, 11) is 4.37. The molecule has 5 rings (SSSR count). The SMILES string of the molecule is CCOC(=O)C1=C(C)N=c2sc(=Cc3ccc(-c4ccccc4C(=O)OC)o3)c(=O)n2C1c1ccc(OC)cc1OC. The highest BCUT2D eigenvalue weighted by Gasteiger charge is 2.35. The fraction of sp³-hybridized carbons (Fsp3) is 0.226. The molecule has 10 nitrogen and oxygen atoms in total. The molecule has 0 saturated carbocycles. The van der Waals surface area contributed by atoms with Crippen LogP contribution in [0.1, 0.15) is 41.6 Å². The monoisotopic (exact) mass is 588 g/mol. The van der Waals surface area contributed by atoms with Gasteiger partial charge in [0.1, 0.15) is 29.1 Å². The number of carbonyl (C=O) groups excluding carboxylic acids is 2. The van der Waals surface area contributed by atoms with Gasteiger partial charge in [-0.25, -0.2) is 14.6 Å². The smallest absolute Gasteiger partial charge is 0.338 e. The first-order chi connectivity index (χ1) is 20.3. The van der Waals surface area contributed by atoms with Gasteiger partial charge in [-0.15, -0.1) is 0 Å². The lowest BCUT2D eigenvalue weighted by Crippen LogP contribution is -2.40. The van der Waals surface area contributed by atoms with E-state index in [1.54, 1.807) is 81.6 Å². The molecule has 42 heavy (non-hydrogen) atoms. The van der Waals surface area contributed by atoms with Crippen molar-refractivity contribution in [2.75, 3.05) is 27.9 Å². The predicted octanol–water partition coefficient (Wildman–Crippen LogP) is 3.86. The summed E-state index contributed by atoms with van der Waals surface area (Å²) in [5.41, 5.74) is 1.79. The molecule has 3 heterocycles. The molecule has 216 valence electrons. The summed E-state index contributed by atoms with van der Waals surface area (Å²) in [6.07, 6.45) is 1.61. The van der Waals surface area contributed by atoms with Crippen molar-refractivity contribution in [1.29, 1.82) is 0 Å². The first-order valence-corrected chi connectivity index (χ1v) is 13.8. The molecule has 0 N–H and O–H groups in total. The second kappa shape index (κ2) is 11.9. The average molecular weight is 589 g/mol. The summed E-state index contributed by atoms with van der Waals surface area (Å²) in [6, 6.07) is 14.7. The number of methoxy groups -OCH3 is 3. The van der Waals surface area contributed by atoms with Gasteiger partial charge in [0.15, 0.2) is 4.80 Å². The number of allylic oxidation sites excluding steroid dienone is 1. The van der Waals surface area contributed by atoms with E-state index in [2.05, 4.69) is 4.99 Å². The topological polar surface area (TPSA) is 119 Å². The molecule has 0 aliphatic carbocycles. The maximum absolute atomic E-state index is 14.0. The van der Waals surface area contributed by atoms with Gasteiger partial charge in [-0.3, -0.25) is 9.36 Å². The van der Waals surface area contributed by atoms with Crippen LogP contribution in [0.4, 0.5) is 0 Å². The molecule has 0 saturated heterocycles. The highest BCUT2D eigenvalue weighted by molar-refractivity contribution is 7.07. The van der Waals surface area contributed by atoms with Crippen molar-refractivity contribution in [3.05, 3.63) is 102 Å². The zero-order valence-corrected chi connectivity index (χ0v) is 24.4. The highest BCUT2D eigenvalue weighted by atomic mass is 32.1. The van der Waals surface area contributed by atoms with Gasteiger partial charge >= 0.3 is 11.9 Å². The fourth-order valence-corrected chi connectivity index (χ4v) is 5.85. The third-order valence-corrected chi connectivity index (χ3v) is 7.73. The van der Waals surface area contributed by atoms with Crippen LogP contribution in [0.2, 0.25) is 0 Å². The van der Waals surface area contributed by atoms with Gasteiger partial charge in [0.05, 0.1) is 49.3 Å². The third kappa shape index (κ3) is 5.14. The van der Waals surface area contributed by atoms with E-state index in [-0.39, 0.29) is 17.7 Å². The van der Waals surface area contributed by atoms with Gasteiger partial charge in [0, 0.05) is 23.3 Å². The summed E-state index contributed by atoms with van der Waals surface area (Å²) < 4.78 is 29.1. The van der Waals surface area contributed by atoms with E-state index in [0.717, 1.165) is 0 Å². The number of rotatable bonds is 8. The Morgan fingerprint density at radius 1 is 1.05 bits per heavy atom. The van der Waals surface area contributed by atoms with Crippen LogP contribution in [0.25, 0.3) is 17.4 Å². The zero-order valence-electron chi connectivity index (χ0n) is 23.6. The minimum atomic E-state index is -0.859. The lowest BCUT2D eigenvalue weighted by atomic mass is 9.95. The first kappa shape index (κ1) is 28.6. The van der Waals surface area contributed by atoms with E-state index in [1.807, 2.05) is 0 Å². The molecule has 1 atom stereocenters. The number of carbonyl (C=O) groups is 2. The summed E-state index contributed by atoms with van der Waals surface area (Å²) in [6.45, 7) is 3.59. The molecule has 11 heteroatoms. The molecule has 0 bridgehead atoms. The minimum Gasteiger partial charge on any atom is -0.497 e. The van der Waals surface area contributed by atoms with E-state index in [0.29, 0.717) is 54.7 Å². The molecular formula is C31H28N2O8S. The second-order valence-corrected chi connectivity index (χ2v) is 10.2. The van der Waals surface area contributed by atoms with Crippen molar-refractivity contribution in [2.45, 2.75) is 19.9 Å². The highest BCUT2D eigenvalue weighted by Crippen LogP contribution is 2.37. The van der Waals surface area contributed by atoms with Crippen LogP contribution in [-0.4, -0.2) is 44.4 Å². The van der Waals surface area contributed by atoms with Crippen LogP contribution in [0.3, 0.4) is 0 Å². The van der Waals surface area contributed by atoms with E-state index >= 15 is 0 Å².